The first-order valence-corrected chi connectivity index (χ1v) is 13.7. The van der Waals surface area contributed by atoms with Crippen molar-refractivity contribution in [3.63, 3.8) is 0 Å². The first-order valence-electron chi connectivity index (χ1n) is 13.2. The third kappa shape index (κ3) is 26.2. The van der Waals surface area contributed by atoms with Crippen LogP contribution in [0.2, 0.25) is 0 Å². The van der Waals surface area contributed by atoms with E-state index in [0.29, 0.717) is 0 Å². The van der Waals surface area contributed by atoms with Gasteiger partial charge in [0, 0.05) is 0 Å². The van der Waals surface area contributed by atoms with Gasteiger partial charge in [-0.3, -0.25) is 0 Å². The maximum Gasteiger partial charge on any atom is -0.0146 e. The summed E-state index contributed by atoms with van der Waals surface area (Å²) in [6.45, 7) is 2.30. The molecular formula is C27H53P. The van der Waals surface area contributed by atoms with E-state index in [1.165, 1.54) is 154 Å². The van der Waals surface area contributed by atoms with Gasteiger partial charge in [0.1, 0.15) is 0 Å². The fraction of sp³-hybridized carbons (Fsp3) is 0.926. The van der Waals surface area contributed by atoms with E-state index in [1.807, 2.05) is 5.82 Å². The average molecular weight is 409 g/mol. The van der Waals surface area contributed by atoms with Gasteiger partial charge in [-0.05, 0) is 22.1 Å². The Morgan fingerprint density at radius 3 is 0.893 bits per heavy atom. The monoisotopic (exact) mass is 408 g/mol. The number of rotatable bonds is 24. The quantitative estimate of drug-likeness (QED) is 0.110. The molecule has 0 rings (SSSR count). The highest BCUT2D eigenvalue weighted by Gasteiger charge is 1.95. The molecule has 0 heterocycles. The zero-order valence-corrected chi connectivity index (χ0v) is 20.5. The van der Waals surface area contributed by atoms with Crippen molar-refractivity contribution in [1.29, 1.82) is 0 Å². The van der Waals surface area contributed by atoms with E-state index in [1.54, 1.807) is 0 Å². The van der Waals surface area contributed by atoms with Crippen molar-refractivity contribution < 1.29 is 0 Å². The van der Waals surface area contributed by atoms with Crippen molar-refractivity contribution in [2.45, 2.75) is 161 Å². The van der Waals surface area contributed by atoms with Gasteiger partial charge in [-0.25, -0.2) is 0 Å². The minimum Gasteiger partial charge on any atom is -0.0834 e. The van der Waals surface area contributed by atoms with E-state index < -0.39 is 0 Å². The molecule has 0 aromatic heterocycles. The molecule has 0 atom stereocenters. The second kappa shape index (κ2) is 27.2. The fourth-order valence-corrected chi connectivity index (χ4v) is 4.27. The third-order valence-electron chi connectivity index (χ3n) is 6.08. The topological polar surface area (TPSA) is 0 Å². The summed E-state index contributed by atoms with van der Waals surface area (Å²) in [4.78, 5) is 0. The van der Waals surface area contributed by atoms with Crippen molar-refractivity contribution in [2.75, 3.05) is 0 Å². The van der Waals surface area contributed by atoms with Crippen LogP contribution in [0.3, 0.4) is 0 Å². The Kier molecular flexibility index (Phi) is 27.3. The Balaban J connectivity index is 2.98. The van der Waals surface area contributed by atoms with Crippen LogP contribution in [-0.4, -0.2) is 0 Å². The number of hydrogen-bond acceptors (Lipinski definition) is 0. The van der Waals surface area contributed by atoms with Gasteiger partial charge in [-0.15, -0.1) is 0 Å². The highest BCUT2D eigenvalue weighted by Crippen LogP contribution is 2.15. The van der Waals surface area contributed by atoms with Crippen LogP contribution in [0, 0.1) is 0 Å². The maximum absolute atomic E-state index is 4.09. The Morgan fingerprint density at radius 1 is 0.393 bits per heavy atom. The van der Waals surface area contributed by atoms with Crippen LogP contribution in [0.4, 0.5) is 0 Å². The summed E-state index contributed by atoms with van der Waals surface area (Å²) in [7, 11) is 4.09. The molecule has 28 heavy (non-hydrogen) atoms. The highest BCUT2D eigenvalue weighted by atomic mass is 31.0. The van der Waals surface area contributed by atoms with Crippen molar-refractivity contribution >= 4 is 9.24 Å². The summed E-state index contributed by atoms with van der Waals surface area (Å²) in [6.07, 6.45) is 37.0. The number of hydrogen-bond donors (Lipinski definition) is 0. The van der Waals surface area contributed by atoms with Gasteiger partial charge in [-0.1, -0.05) is 160 Å². The first kappa shape index (κ1) is 28.2. The first-order chi connectivity index (χ1) is 13.9. The molecule has 0 saturated heterocycles. The predicted molar refractivity (Wildman–Crippen MR) is 133 cm³/mol. The zero-order valence-electron chi connectivity index (χ0n) is 19.6. The van der Waals surface area contributed by atoms with Crippen LogP contribution in [-0.2, 0) is 0 Å². The summed E-state index contributed by atoms with van der Waals surface area (Å²) in [6, 6.07) is 0. The van der Waals surface area contributed by atoms with E-state index in [0.717, 1.165) is 0 Å². The molecule has 0 aliphatic heterocycles. The summed E-state index contributed by atoms with van der Waals surface area (Å²) in [5, 5.41) is 0. The normalized spacial score (nSPS) is 11.6. The van der Waals surface area contributed by atoms with Crippen LogP contribution >= 0.6 is 9.24 Å². The summed E-state index contributed by atoms with van der Waals surface area (Å²) >= 11 is 0. The Morgan fingerprint density at radius 2 is 0.643 bits per heavy atom. The Hall–Kier alpha value is 0.170. The minimum atomic E-state index is 1.21. The van der Waals surface area contributed by atoms with Gasteiger partial charge in [-0.2, -0.15) is 0 Å². The molecule has 0 bridgehead atoms. The molecule has 0 aliphatic carbocycles. The van der Waals surface area contributed by atoms with Gasteiger partial charge < -0.3 is 0 Å². The Labute approximate surface area is 182 Å². The van der Waals surface area contributed by atoms with Gasteiger partial charge in [0.15, 0.2) is 0 Å². The standard InChI is InChI=1S/C27H53P/c1-2-3-4-5-6-7-8-9-10-11-12-13-14-15-16-17-18-19-20-21-22-23-24-25-26-27-28/h26-27H,2-25H2,1H3/b27-26+. The van der Waals surface area contributed by atoms with Gasteiger partial charge in [0.05, 0.1) is 0 Å². The van der Waals surface area contributed by atoms with E-state index in [2.05, 4.69) is 22.2 Å². The maximum atomic E-state index is 4.09. The largest absolute Gasteiger partial charge is 0.0834 e. The lowest BCUT2D eigenvalue weighted by molar-refractivity contribution is 0.518. The van der Waals surface area contributed by atoms with E-state index >= 15 is 0 Å². The molecule has 0 fully saturated rings. The van der Waals surface area contributed by atoms with Gasteiger partial charge >= 0.3 is 0 Å². The lowest BCUT2D eigenvalue weighted by Crippen LogP contribution is -1.84. The summed E-state index contributed by atoms with van der Waals surface area (Å²) in [5.74, 6) is 1.87. The van der Waals surface area contributed by atoms with Crippen molar-refractivity contribution in [3.8, 4) is 0 Å². The summed E-state index contributed by atoms with van der Waals surface area (Å²) < 4.78 is 0. The fourth-order valence-electron chi connectivity index (χ4n) is 4.12. The molecule has 0 aromatic carbocycles. The molecule has 0 aliphatic rings. The Bertz CT molecular complexity index is 284. The molecule has 0 unspecified atom stereocenters. The smallest absolute Gasteiger partial charge is 0.0146 e. The van der Waals surface area contributed by atoms with Crippen LogP contribution < -0.4 is 0 Å². The average Bonchev–Trinajstić information content (AvgIpc) is 2.71. The van der Waals surface area contributed by atoms with Gasteiger partial charge in [0.2, 0.25) is 0 Å². The number of allylic oxidation sites excluding steroid dienone is 1. The molecule has 166 valence electrons. The van der Waals surface area contributed by atoms with Crippen LogP contribution in [0.5, 0.6) is 0 Å². The molecule has 0 amide bonds. The van der Waals surface area contributed by atoms with Crippen molar-refractivity contribution in [1.82, 2.24) is 0 Å². The van der Waals surface area contributed by atoms with Crippen LogP contribution in [0.1, 0.15) is 161 Å². The van der Waals surface area contributed by atoms with Crippen molar-refractivity contribution in [3.05, 3.63) is 11.9 Å². The molecule has 0 saturated carbocycles. The number of unbranched alkanes of at least 4 members (excludes halogenated alkanes) is 23. The highest BCUT2D eigenvalue weighted by molar-refractivity contribution is 7.20. The lowest BCUT2D eigenvalue weighted by atomic mass is 10.0. The molecule has 0 nitrogen and oxygen atoms in total. The molecule has 0 spiro atoms. The van der Waals surface area contributed by atoms with E-state index in [-0.39, 0.29) is 0 Å². The van der Waals surface area contributed by atoms with E-state index in [4.69, 9.17) is 0 Å². The third-order valence-corrected chi connectivity index (χ3v) is 6.29. The van der Waals surface area contributed by atoms with Crippen molar-refractivity contribution in [2.24, 2.45) is 0 Å². The molecule has 0 aromatic rings. The molecule has 1 heteroatoms. The zero-order chi connectivity index (χ0) is 20.4. The second-order valence-corrected chi connectivity index (χ2v) is 9.25. The van der Waals surface area contributed by atoms with Crippen LogP contribution in [0.15, 0.2) is 11.9 Å². The second-order valence-electron chi connectivity index (χ2n) is 8.95. The summed E-state index contributed by atoms with van der Waals surface area (Å²) in [5.41, 5.74) is 0. The lowest BCUT2D eigenvalue weighted by Gasteiger charge is -2.04. The SMILES string of the molecule is CCCCCCCCCCCCCCCCCCCCCCCCC/C=C/[P]. The molecule has 0 N–H and O–H groups in total. The van der Waals surface area contributed by atoms with Gasteiger partial charge in [0.25, 0.3) is 0 Å². The minimum absolute atomic E-state index is 1.21. The van der Waals surface area contributed by atoms with Crippen LogP contribution in [0.25, 0.3) is 0 Å². The van der Waals surface area contributed by atoms with E-state index in [9.17, 15) is 0 Å². The molecular weight excluding hydrogens is 355 g/mol. The molecule has 2 radical (unpaired) electrons. The predicted octanol–water partition coefficient (Wildman–Crippen LogP) is 11.3.